The SMILES string of the molecule is CCn1c(SCCN2C(=O)CNC2=O)nnc1-c1ccc(C(C)(C)C)cc1. The van der Waals surface area contributed by atoms with E-state index in [2.05, 4.69) is 72.0 Å². The van der Waals surface area contributed by atoms with Crippen LogP contribution in [0.15, 0.2) is 29.4 Å². The van der Waals surface area contributed by atoms with E-state index >= 15 is 0 Å². The molecule has 3 rings (SSSR count). The Labute approximate surface area is 163 Å². The van der Waals surface area contributed by atoms with Gasteiger partial charge in [-0.15, -0.1) is 10.2 Å². The number of hydrogen-bond acceptors (Lipinski definition) is 5. The Hall–Kier alpha value is -2.35. The predicted molar refractivity (Wildman–Crippen MR) is 106 cm³/mol. The second kappa shape index (κ2) is 7.72. The zero-order chi connectivity index (χ0) is 19.6. The van der Waals surface area contributed by atoms with E-state index in [1.54, 1.807) is 0 Å². The van der Waals surface area contributed by atoms with Crippen molar-refractivity contribution in [3.63, 3.8) is 0 Å². The maximum atomic E-state index is 11.6. The lowest BCUT2D eigenvalue weighted by Gasteiger charge is -2.19. The van der Waals surface area contributed by atoms with Gasteiger partial charge in [-0.3, -0.25) is 9.69 Å². The number of imide groups is 1. The highest BCUT2D eigenvalue weighted by Crippen LogP contribution is 2.27. The fourth-order valence-electron chi connectivity index (χ4n) is 2.92. The third kappa shape index (κ3) is 4.16. The Balaban J connectivity index is 1.71. The zero-order valence-corrected chi connectivity index (χ0v) is 17.0. The predicted octanol–water partition coefficient (Wildman–Crippen LogP) is 2.91. The number of hydrogen-bond donors (Lipinski definition) is 1. The lowest BCUT2D eigenvalue weighted by molar-refractivity contribution is -0.124. The molecule has 27 heavy (non-hydrogen) atoms. The van der Waals surface area contributed by atoms with Crippen molar-refractivity contribution in [2.24, 2.45) is 0 Å². The number of nitrogens with one attached hydrogen (secondary N) is 1. The van der Waals surface area contributed by atoms with Gasteiger partial charge in [-0.1, -0.05) is 56.8 Å². The van der Waals surface area contributed by atoms with Gasteiger partial charge in [-0.25, -0.2) is 4.79 Å². The molecule has 0 unspecified atom stereocenters. The van der Waals surface area contributed by atoms with Crippen molar-refractivity contribution in [3.8, 4) is 11.4 Å². The Kier molecular flexibility index (Phi) is 5.55. The number of carbonyl (C=O) groups is 2. The van der Waals surface area contributed by atoms with Gasteiger partial charge in [0.15, 0.2) is 11.0 Å². The summed E-state index contributed by atoms with van der Waals surface area (Å²) in [5, 5.41) is 12.0. The molecule has 1 aliphatic rings. The summed E-state index contributed by atoms with van der Waals surface area (Å²) in [7, 11) is 0. The van der Waals surface area contributed by atoms with Crippen molar-refractivity contribution in [2.45, 2.75) is 44.8 Å². The molecule has 1 aromatic heterocycles. The molecule has 2 aromatic rings. The lowest BCUT2D eigenvalue weighted by atomic mass is 9.87. The standard InChI is InChI=1S/C19H25N5O2S/c1-5-23-16(13-6-8-14(9-7-13)19(2,3)4)21-22-18(23)27-11-10-24-15(25)12-20-17(24)26/h6-9H,5,10-12H2,1-4H3,(H,20,26). The van der Waals surface area contributed by atoms with Crippen molar-refractivity contribution in [2.75, 3.05) is 18.8 Å². The number of nitrogens with zero attached hydrogens (tertiary/aromatic N) is 4. The Bertz CT molecular complexity index is 823. The normalized spacial score (nSPS) is 14.7. The van der Waals surface area contributed by atoms with Gasteiger partial charge in [0.05, 0.1) is 6.54 Å². The van der Waals surface area contributed by atoms with Crippen LogP contribution < -0.4 is 5.32 Å². The van der Waals surface area contributed by atoms with E-state index in [1.165, 1.54) is 22.2 Å². The fraction of sp³-hybridized carbons (Fsp3) is 0.474. The second-order valence-electron chi connectivity index (χ2n) is 7.43. The Morgan fingerprint density at radius 3 is 2.41 bits per heavy atom. The molecular formula is C19H25N5O2S. The molecule has 1 aromatic carbocycles. The van der Waals surface area contributed by atoms with Gasteiger partial charge in [-0.2, -0.15) is 0 Å². The van der Waals surface area contributed by atoms with E-state index in [0.29, 0.717) is 12.3 Å². The minimum atomic E-state index is -0.322. The molecule has 2 heterocycles. The van der Waals surface area contributed by atoms with Crippen LogP contribution in [0.25, 0.3) is 11.4 Å². The second-order valence-corrected chi connectivity index (χ2v) is 8.49. The Morgan fingerprint density at radius 2 is 1.85 bits per heavy atom. The molecule has 3 amide bonds. The van der Waals surface area contributed by atoms with E-state index in [4.69, 9.17) is 0 Å². The van der Waals surface area contributed by atoms with Gasteiger partial charge in [0.2, 0.25) is 5.91 Å². The molecule has 7 nitrogen and oxygen atoms in total. The Morgan fingerprint density at radius 1 is 1.15 bits per heavy atom. The molecule has 1 aliphatic heterocycles. The molecule has 1 saturated heterocycles. The third-order valence-corrected chi connectivity index (χ3v) is 5.47. The van der Waals surface area contributed by atoms with Crippen LogP contribution in [0.4, 0.5) is 4.79 Å². The molecule has 0 radical (unpaired) electrons. The molecule has 1 N–H and O–H groups in total. The number of amides is 3. The van der Waals surface area contributed by atoms with E-state index in [-0.39, 0.29) is 23.9 Å². The van der Waals surface area contributed by atoms with Gasteiger partial charge in [0.25, 0.3) is 0 Å². The minimum absolute atomic E-state index is 0.0867. The highest BCUT2D eigenvalue weighted by Gasteiger charge is 2.28. The fourth-order valence-corrected chi connectivity index (χ4v) is 3.85. The van der Waals surface area contributed by atoms with Crippen molar-refractivity contribution in [3.05, 3.63) is 29.8 Å². The smallest absolute Gasteiger partial charge is 0.324 e. The van der Waals surface area contributed by atoms with Crippen LogP contribution in [-0.4, -0.2) is 50.4 Å². The molecule has 0 atom stereocenters. The topological polar surface area (TPSA) is 80.1 Å². The third-order valence-electron chi connectivity index (χ3n) is 4.53. The first-order chi connectivity index (χ1) is 12.8. The molecule has 0 bridgehead atoms. The van der Waals surface area contributed by atoms with Crippen molar-refractivity contribution >= 4 is 23.7 Å². The molecule has 0 aliphatic carbocycles. The monoisotopic (exact) mass is 387 g/mol. The summed E-state index contributed by atoms with van der Waals surface area (Å²) in [6, 6.07) is 8.11. The largest absolute Gasteiger partial charge is 0.329 e. The van der Waals surface area contributed by atoms with E-state index < -0.39 is 0 Å². The van der Waals surface area contributed by atoms with Crippen LogP contribution in [0.2, 0.25) is 0 Å². The summed E-state index contributed by atoms with van der Waals surface area (Å²) in [6.45, 7) is 9.82. The number of carbonyl (C=O) groups excluding carboxylic acids is 2. The summed E-state index contributed by atoms with van der Waals surface area (Å²) in [4.78, 5) is 24.5. The molecule has 144 valence electrons. The summed E-state index contributed by atoms with van der Waals surface area (Å²) in [5.41, 5.74) is 2.41. The van der Waals surface area contributed by atoms with Crippen LogP contribution in [0.5, 0.6) is 0 Å². The molecule has 8 heteroatoms. The van der Waals surface area contributed by atoms with Gasteiger partial charge < -0.3 is 9.88 Å². The first kappa shape index (κ1) is 19.4. The quantitative estimate of drug-likeness (QED) is 0.609. The number of thioether (sulfide) groups is 1. The van der Waals surface area contributed by atoms with Crippen molar-refractivity contribution < 1.29 is 9.59 Å². The van der Waals surface area contributed by atoms with Gasteiger partial charge in [0.1, 0.15) is 0 Å². The maximum Gasteiger partial charge on any atom is 0.324 e. The summed E-state index contributed by atoms with van der Waals surface area (Å²) < 4.78 is 2.06. The average molecular weight is 388 g/mol. The number of rotatable bonds is 6. The number of benzene rings is 1. The van der Waals surface area contributed by atoms with Gasteiger partial charge >= 0.3 is 6.03 Å². The van der Waals surface area contributed by atoms with Crippen LogP contribution in [-0.2, 0) is 16.8 Å². The average Bonchev–Trinajstić information content (AvgIpc) is 3.18. The van der Waals surface area contributed by atoms with Crippen LogP contribution in [0.1, 0.15) is 33.3 Å². The van der Waals surface area contributed by atoms with Crippen LogP contribution >= 0.6 is 11.8 Å². The summed E-state index contributed by atoms with van der Waals surface area (Å²) >= 11 is 1.50. The van der Waals surface area contributed by atoms with E-state index in [0.717, 1.165) is 23.1 Å². The summed E-state index contributed by atoms with van der Waals surface area (Å²) in [6.07, 6.45) is 0. The van der Waals surface area contributed by atoms with Gasteiger partial charge in [-0.05, 0) is 17.9 Å². The van der Waals surface area contributed by atoms with Crippen molar-refractivity contribution in [1.29, 1.82) is 0 Å². The first-order valence-corrected chi connectivity index (χ1v) is 10.0. The van der Waals surface area contributed by atoms with Crippen LogP contribution in [0.3, 0.4) is 0 Å². The zero-order valence-electron chi connectivity index (χ0n) is 16.2. The van der Waals surface area contributed by atoms with E-state index in [9.17, 15) is 9.59 Å². The molecule has 0 spiro atoms. The molecular weight excluding hydrogens is 362 g/mol. The maximum absolute atomic E-state index is 11.6. The highest BCUT2D eigenvalue weighted by atomic mass is 32.2. The van der Waals surface area contributed by atoms with Crippen molar-refractivity contribution in [1.82, 2.24) is 25.0 Å². The molecule has 1 fully saturated rings. The number of aromatic nitrogens is 3. The lowest BCUT2D eigenvalue weighted by Crippen LogP contribution is -2.32. The highest BCUT2D eigenvalue weighted by molar-refractivity contribution is 7.99. The number of urea groups is 1. The first-order valence-electron chi connectivity index (χ1n) is 9.06. The van der Waals surface area contributed by atoms with E-state index in [1.807, 2.05) is 0 Å². The summed E-state index contributed by atoms with van der Waals surface area (Å²) in [5.74, 6) is 1.23. The minimum Gasteiger partial charge on any atom is -0.329 e. The van der Waals surface area contributed by atoms with Gasteiger partial charge in [0, 0.05) is 24.4 Å². The van der Waals surface area contributed by atoms with Crippen LogP contribution in [0, 0.1) is 0 Å². The molecule has 0 saturated carbocycles.